The van der Waals surface area contributed by atoms with E-state index in [-0.39, 0.29) is 0 Å². The van der Waals surface area contributed by atoms with Crippen LogP contribution in [0.15, 0.2) is 0 Å². The molecule has 0 N–H and O–H groups in total. The van der Waals surface area contributed by atoms with E-state index in [9.17, 15) is 0 Å². The fourth-order valence-electron chi connectivity index (χ4n) is 1.19. The Kier molecular flexibility index (Phi) is 7.17. The van der Waals surface area contributed by atoms with Crippen LogP contribution in [0.4, 0.5) is 0 Å². The van der Waals surface area contributed by atoms with E-state index in [4.69, 9.17) is 34.8 Å². The normalized spacial score (nSPS) is 10.8. The summed E-state index contributed by atoms with van der Waals surface area (Å²) >= 11 is 24.8. The molecule has 1 aromatic carbocycles. The van der Waals surface area contributed by atoms with Gasteiger partial charge in [-0.05, 0) is 84.5 Å². The van der Waals surface area contributed by atoms with Crippen LogP contribution in [0.5, 0.6) is 0 Å². The highest BCUT2D eigenvalue weighted by Gasteiger charge is 2.18. The topological polar surface area (TPSA) is 0 Å². The van der Waals surface area contributed by atoms with Gasteiger partial charge in [0.15, 0.2) is 0 Å². The highest BCUT2D eigenvalue weighted by molar-refractivity contribution is 14.1. The summed E-state index contributed by atoms with van der Waals surface area (Å²) in [4.78, 5) is 0. The smallest absolute Gasteiger partial charge is 0.0495 e. The molecule has 0 bridgehead atoms. The van der Waals surface area contributed by atoms with Crippen LogP contribution in [-0.4, -0.2) is 0 Å². The average molecular weight is 601 g/mol. The summed E-state index contributed by atoms with van der Waals surface area (Å²) in [6.45, 7) is 0. The standard InChI is InChI=1S/C9H6Cl3I3/c10-1-4-7(13)5(2-11)9(15)6(3-12)8(4)14/h1-3H2. The van der Waals surface area contributed by atoms with Crippen LogP contribution in [0, 0.1) is 10.7 Å². The maximum atomic E-state index is 5.95. The highest BCUT2D eigenvalue weighted by atomic mass is 127. The van der Waals surface area contributed by atoms with Gasteiger partial charge in [0.25, 0.3) is 0 Å². The van der Waals surface area contributed by atoms with E-state index < -0.39 is 0 Å². The molecule has 0 aliphatic rings. The summed E-state index contributed by atoms with van der Waals surface area (Å²) in [5.41, 5.74) is 3.43. The number of hydrogen-bond acceptors (Lipinski definition) is 0. The Morgan fingerprint density at radius 2 is 0.800 bits per heavy atom. The number of halogens is 6. The molecular weight excluding hydrogens is 595 g/mol. The van der Waals surface area contributed by atoms with Gasteiger partial charge >= 0.3 is 0 Å². The quantitative estimate of drug-likeness (QED) is 0.308. The third-order valence-electron chi connectivity index (χ3n) is 1.99. The lowest BCUT2D eigenvalue weighted by Crippen LogP contribution is -2.04. The molecule has 1 aromatic rings. The van der Waals surface area contributed by atoms with Crippen LogP contribution in [0.1, 0.15) is 16.7 Å². The van der Waals surface area contributed by atoms with Gasteiger partial charge in [-0.3, -0.25) is 0 Å². The molecule has 0 aliphatic heterocycles. The van der Waals surface area contributed by atoms with Gasteiger partial charge in [-0.2, -0.15) is 0 Å². The molecule has 0 radical (unpaired) electrons. The molecule has 0 atom stereocenters. The van der Waals surface area contributed by atoms with Crippen molar-refractivity contribution in [2.45, 2.75) is 17.6 Å². The molecular formula is C9H6Cl3I3. The molecule has 0 fully saturated rings. The third-order valence-corrected chi connectivity index (χ3v) is 6.70. The molecule has 0 heterocycles. The zero-order valence-corrected chi connectivity index (χ0v) is 16.1. The van der Waals surface area contributed by atoms with Gasteiger partial charge in [-0.25, -0.2) is 0 Å². The van der Waals surface area contributed by atoms with Gasteiger partial charge in [0, 0.05) is 28.4 Å². The van der Waals surface area contributed by atoms with Crippen molar-refractivity contribution in [1.29, 1.82) is 0 Å². The number of hydrogen-bond donors (Lipinski definition) is 0. The van der Waals surface area contributed by atoms with Gasteiger partial charge in [-0.1, -0.05) is 0 Å². The zero-order valence-electron chi connectivity index (χ0n) is 7.39. The molecule has 84 valence electrons. The molecule has 0 nitrogen and oxygen atoms in total. The molecule has 0 aliphatic carbocycles. The van der Waals surface area contributed by atoms with Crippen LogP contribution in [0.25, 0.3) is 0 Å². The van der Waals surface area contributed by atoms with E-state index in [1.54, 1.807) is 0 Å². The van der Waals surface area contributed by atoms with E-state index in [1.807, 2.05) is 0 Å². The van der Waals surface area contributed by atoms with Crippen molar-refractivity contribution >= 4 is 103 Å². The van der Waals surface area contributed by atoms with Crippen LogP contribution in [0.2, 0.25) is 0 Å². The lowest BCUT2D eigenvalue weighted by atomic mass is 10.1. The lowest BCUT2D eigenvalue weighted by Gasteiger charge is -2.15. The fraction of sp³-hybridized carbons (Fsp3) is 0.333. The van der Waals surface area contributed by atoms with E-state index in [2.05, 4.69) is 67.8 Å². The van der Waals surface area contributed by atoms with E-state index >= 15 is 0 Å². The molecule has 0 aromatic heterocycles. The first-order chi connectivity index (χ1) is 7.08. The van der Waals surface area contributed by atoms with Gasteiger partial charge in [0.05, 0.1) is 0 Å². The number of alkyl halides is 3. The summed E-state index contributed by atoms with van der Waals surface area (Å²) in [5.74, 6) is 1.50. The second-order valence-electron chi connectivity index (χ2n) is 2.78. The summed E-state index contributed by atoms with van der Waals surface area (Å²) in [7, 11) is 0. The molecule has 0 amide bonds. The van der Waals surface area contributed by atoms with Gasteiger partial charge in [-0.15, -0.1) is 34.8 Å². The Balaban J connectivity index is 3.57. The monoisotopic (exact) mass is 600 g/mol. The van der Waals surface area contributed by atoms with Crippen molar-refractivity contribution in [2.75, 3.05) is 0 Å². The highest BCUT2D eigenvalue weighted by Crippen LogP contribution is 2.34. The molecule has 6 heteroatoms. The molecule has 0 unspecified atom stereocenters. The summed E-state index contributed by atoms with van der Waals surface area (Å²) < 4.78 is 3.50. The van der Waals surface area contributed by atoms with Crippen molar-refractivity contribution in [3.05, 3.63) is 27.4 Å². The first-order valence-electron chi connectivity index (χ1n) is 3.93. The summed E-state index contributed by atoms with van der Waals surface area (Å²) in [6, 6.07) is 0. The minimum Gasteiger partial charge on any atom is -0.121 e. The Morgan fingerprint density at radius 1 is 0.600 bits per heavy atom. The Bertz CT molecular complexity index is 301. The average Bonchev–Trinajstić information content (AvgIpc) is 2.19. The van der Waals surface area contributed by atoms with E-state index in [0.29, 0.717) is 17.6 Å². The zero-order chi connectivity index (χ0) is 11.6. The van der Waals surface area contributed by atoms with Crippen molar-refractivity contribution < 1.29 is 0 Å². The van der Waals surface area contributed by atoms with Gasteiger partial charge in [0.2, 0.25) is 0 Å². The summed E-state index contributed by atoms with van der Waals surface area (Å²) in [5, 5.41) is 0. The van der Waals surface area contributed by atoms with Crippen LogP contribution < -0.4 is 0 Å². The van der Waals surface area contributed by atoms with E-state index in [1.165, 1.54) is 10.7 Å². The minimum atomic E-state index is 0.501. The van der Waals surface area contributed by atoms with Crippen LogP contribution in [-0.2, 0) is 17.6 Å². The predicted octanol–water partition coefficient (Wildman–Crippen LogP) is 5.72. The maximum absolute atomic E-state index is 5.95. The number of rotatable bonds is 3. The fourth-order valence-corrected chi connectivity index (χ4v) is 7.65. The first-order valence-corrected chi connectivity index (χ1v) is 8.77. The minimum absolute atomic E-state index is 0.501. The number of benzene rings is 1. The SMILES string of the molecule is ClCc1c(I)c(CCl)c(I)c(CCl)c1I. The Labute approximate surface area is 145 Å². The Hall–Kier alpha value is 2.28. The van der Waals surface area contributed by atoms with Crippen molar-refractivity contribution in [2.24, 2.45) is 0 Å². The molecule has 0 spiro atoms. The molecule has 1 rings (SSSR count). The van der Waals surface area contributed by atoms with Gasteiger partial charge in [0.1, 0.15) is 0 Å². The van der Waals surface area contributed by atoms with Crippen LogP contribution in [0.3, 0.4) is 0 Å². The molecule has 0 saturated carbocycles. The van der Waals surface area contributed by atoms with Crippen LogP contribution >= 0.6 is 103 Å². The summed E-state index contributed by atoms with van der Waals surface area (Å²) in [6.07, 6.45) is 0. The predicted molar refractivity (Wildman–Crippen MR) is 93.3 cm³/mol. The van der Waals surface area contributed by atoms with Crippen molar-refractivity contribution in [3.63, 3.8) is 0 Å². The second-order valence-corrected chi connectivity index (χ2v) is 6.82. The Morgan fingerprint density at radius 3 is 0.933 bits per heavy atom. The lowest BCUT2D eigenvalue weighted by molar-refractivity contribution is 1.17. The molecule has 15 heavy (non-hydrogen) atoms. The molecule has 0 saturated heterocycles. The van der Waals surface area contributed by atoms with Crippen molar-refractivity contribution in [3.8, 4) is 0 Å². The van der Waals surface area contributed by atoms with Gasteiger partial charge < -0.3 is 0 Å². The third kappa shape index (κ3) is 3.19. The van der Waals surface area contributed by atoms with E-state index in [0.717, 1.165) is 16.7 Å². The first kappa shape index (κ1) is 15.3. The largest absolute Gasteiger partial charge is 0.121 e. The van der Waals surface area contributed by atoms with Crippen molar-refractivity contribution in [1.82, 2.24) is 0 Å². The maximum Gasteiger partial charge on any atom is 0.0495 e. The second kappa shape index (κ2) is 7.01.